The van der Waals surface area contributed by atoms with Gasteiger partial charge in [0.05, 0.1) is 12.6 Å². The molecule has 1 aromatic carbocycles. The van der Waals surface area contributed by atoms with Gasteiger partial charge in [0, 0.05) is 0 Å². The number of hydrogen-bond acceptors (Lipinski definition) is 2. The maximum absolute atomic E-state index is 14.1. The minimum atomic E-state index is -0.839. The first-order valence-corrected chi connectivity index (χ1v) is 5.70. The largest absolute Gasteiger partial charge is 0.497 e. The zero-order chi connectivity index (χ0) is 11.6. The van der Waals surface area contributed by atoms with Crippen LogP contribution in [-0.4, -0.2) is 19.8 Å². The number of hydrogen-bond donors (Lipinski definition) is 1. The van der Waals surface area contributed by atoms with Gasteiger partial charge in [0.2, 0.25) is 0 Å². The van der Waals surface area contributed by atoms with Crippen LogP contribution in [0.1, 0.15) is 25.3 Å². The second-order valence-corrected chi connectivity index (χ2v) is 4.47. The lowest BCUT2D eigenvalue weighted by Crippen LogP contribution is -2.51. The van der Waals surface area contributed by atoms with E-state index in [0.29, 0.717) is 6.42 Å². The Morgan fingerprint density at radius 2 is 2.24 bits per heavy atom. The van der Waals surface area contributed by atoms with E-state index < -0.39 is 11.7 Å². The highest BCUT2D eigenvalue weighted by molar-refractivity contribution is 5.85. The van der Waals surface area contributed by atoms with Crippen molar-refractivity contribution in [3.8, 4) is 5.75 Å². The standard InChI is InChI=1S/C13H18FNO.ClH/c1-13(12(14)7-4-8-15-13)10-5-3-6-11(9-10)16-2;/h3,5-6,9,12,15H,4,7-8H2,1-2H3;1H. The summed E-state index contributed by atoms with van der Waals surface area (Å²) < 4.78 is 19.2. The molecule has 2 atom stereocenters. The Morgan fingerprint density at radius 3 is 2.88 bits per heavy atom. The highest BCUT2D eigenvalue weighted by Gasteiger charge is 2.38. The highest BCUT2D eigenvalue weighted by atomic mass is 35.5. The average Bonchev–Trinajstić information content (AvgIpc) is 2.33. The van der Waals surface area contributed by atoms with Gasteiger partial charge >= 0.3 is 0 Å². The van der Waals surface area contributed by atoms with Crippen LogP contribution in [0, 0.1) is 0 Å². The maximum atomic E-state index is 14.1. The Kier molecular flexibility index (Phi) is 4.78. The molecule has 1 N–H and O–H groups in total. The average molecular weight is 260 g/mol. The lowest BCUT2D eigenvalue weighted by atomic mass is 9.82. The quantitative estimate of drug-likeness (QED) is 0.882. The number of ether oxygens (including phenoxy) is 1. The van der Waals surface area contributed by atoms with Crippen LogP contribution in [-0.2, 0) is 5.54 Å². The molecule has 0 spiro atoms. The van der Waals surface area contributed by atoms with Crippen LogP contribution in [0.25, 0.3) is 0 Å². The third-order valence-corrected chi connectivity index (χ3v) is 3.42. The van der Waals surface area contributed by atoms with E-state index in [4.69, 9.17) is 4.74 Å². The summed E-state index contributed by atoms with van der Waals surface area (Å²) in [6.45, 7) is 2.79. The number of nitrogens with one attached hydrogen (secondary N) is 1. The van der Waals surface area contributed by atoms with Gasteiger partial charge in [-0.25, -0.2) is 4.39 Å². The molecule has 0 aliphatic carbocycles. The lowest BCUT2D eigenvalue weighted by molar-refractivity contribution is 0.121. The number of rotatable bonds is 2. The molecule has 1 heterocycles. The molecule has 1 fully saturated rings. The summed E-state index contributed by atoms with van der Waals surface area (Å²) in [6, 6.07) is 7.64. The van der Waals surface area contributed by atoms with Crippen molar-refractivity contribution < 1.29 is 9.13 Å². The van der Waals surface area contributed by atoms with Gasteiger partial charge in [0.25, 0.3) is 0 Å². The first-order chi connectivity index (χ1) is 7.66. The summed E-state index contributed by atoms with van der Waals surface area (Å²) in [7, 11) is 1.63. The molecule has 0 radical (unpaired) electrons. The van der Waals surface area contributed by atoms with Gasteiger partial charge in [-0.2, -0.15) is 0 Å². The third kappa shape index (κ3) is 2.72. The summed E-state index contributed by atoms with van der Waals surface area (Å²) in [5, 5.41) is 3.28. The molecule has 2 rings (SSSR count). The molecule has 96 valence electrons. The third-order valence-electron chi connectivity index (χ3n) is 3.42. The molecular weight excluding hydrogens is 241 g/mol. The van der Waals surface area contributed by atoms with Crippen LogP contribution in [0.5, 0.6) is 5.75 Å². The van der Waals surface area contributed by atoms with Crippen molar-refractivity contribution in [3.63, 3.8) is 0 Å². The normalized spacial score (nSPS) is 28.3. The first-order valence-electron chi connectivity index (χ1n) is 5.70. The van der Waals surface area contributed by atoms with Crippen LogP contribution >= 0.6 is 12.4 Å². The Labute approximate surface area is 108 Å². The number of halogens is 2. The monoisotopic (exact) mass is 259 g/mol. The zero-order valence-electron chi connectivity index (χ0n) is 10.2. The topological polar surface area (TPSA) is 21.3 Å². The van der Waals surface area contributed by atoms with Gasteiger partial charge in [0.15, 0.2) is 0 Å². The molecule has 1 aromatic rings. The Bertz CT molecular complexity index is 374. The van der Waals surface area contributed by atoms with E-state index in [2.05, 4.69) is 5.32 Å². The van der Waals surface area contributed by atoms with E-state index >= 15 is 0 Å². The van der Waals surface area contributed by atoms with E-state index in [9.17, 15) is 4.39 Å². The van der Waals surface area contributed by atoms with Crippen molar-refractivity contribution in [2.45, 2.75) is 31.5 Å². The Morgan fingerprint density at radius 1 is 1.47 bits per heavy atom. The molecule has 4 heteroatoms. The van der Waals surface area contributed by atoms with Crippen LogP contribution in [0.4, 0.5) is 4.39 Å². The van der Waals surface area contributed by atoms with Crippen LogP contribution in [0.15, 0.2) is 24.3 Å². The van der Waals surface area contributed by atoms with Crippen molar-refractivity contribution in [2.24, 2.45) is 0 Å². The fourth-order valence-electron chi connectivity index (χ4n) is 2.26. The molecule has 2 unspecified atom stereocenters. The Balaban J connectivity index is 0.00000144. The minimum absolute atomic E-state index is 0. The smallest absolute Gasteiger partial charge is 0.122 e. The molecule has 1 aliphatic rings. The second kappa shape index (κ2) is 5.69. The van der Waals surface area contributed by atoms with Gasteiger partial charge in [-0.15, -0.1) is 12.4 Å². The fourth-order valence-corrected chi connectivity index (χ4v) is 2.26. The van der Waals surface area contributed by atoms with Crippen molar-refractivity contribution >= 4 is 12.4 Å². The van der Waals surface area contributed by atoms with Gasteiger partial charge in [-0.3, -0.25) is 0 Å². The molecule has 0 bridgehead atoms. The summed E-state index contributed by atoms with van der Waals surface area (Å²) >= 11 is 0. The van der Waals surface area contributed by atoms with Gasteiger partial charge in [-0.1, -0.05) is 12.1 Å². The molecule has 0 amide bonds. The predicted molar refractivity (Wildman–Crippen MR) is 69.7 cm³/mol. The van der Waals surface area contributed by atoms with Crippen LogP contribution < -0.4 is 10.1 Å². The summed E-state index contributed by atoms with van der Waals surface area (Å²) in [5.41, 5.74) is 0.381. The van der Waals surface area contributed by atoms with Gasteiger partial charge in [-0.05, 0) is 44.0 Å². The van der Waals surface area contributed by atoms with Crippen molar-refractivity contribution in [3.05, 3.63) is 29.8 Å². The molecule has 1 saturated heterocycles. The molecule has 2 nitrogen and oxygen atoms in total. The second-order valence-electron chi connectivity index (χ2n) is 4.47. The molecule has 0 saturated carbocycles. The SMILES string of the molecule is COc1cccc(C2(C)NCCCC2F)c1.Cl. The van der Waals surface area contributed by atoms with Crippen molar-refractivity contribution in [2.75, 3.05) is 13.7 Å². The number of benzene rings is 1. The summed E-state index contributed by atoms with van der Waals surface area (Å²) in [4.78, 5) is 0. The van der Waals surface area contributed by atoms with E-state index in [0.717, 1.165) is 24.3 Å². The minimum Gasteiger partial charge on any atom is -0.497 e. The van der Waals surface area contributed by atoms with E-state index in [1.165, 1.54) is 0 Å². The van der Waals surface area contributed by atoms with Crippen LogP contribution in [0.3, 0.4) is 0 Å². The van der Waals surface area contributed by atoms with Crippen molar-refractivity contribution in [1.82, 2.24) is 5.32 Å². The number of alkyl halides is 1. The molecule has 17 heavy (non-hydrogen) atoms. The lowest BCUT2D eigenvalue weighted by Gasteiger charge is -2.38. The van der Waals surface area contributed by atoms with Crippen molar-refractivity contribution in [1.29, 1.82) is 0 Å². The summed E-state index contributed by atoms with van der Waals surface area (Å²) in [5.74, 6) is 0.776. The predicted octanol–water partition coefficient (Wildman–Crippen LogP) is 3.05. The van der Waals surface area contributed by atoms with E-state index in [1.807, 2.05) is 31.2 Å². The number of methoxy groups -OCH3 is 1. The first kappa shape index (κ1) is 14.3. The molecule has 1 aliphatic heterocycles. The molecule has 0 aromatic heterocycles. The Hall–Kier alpha value is -0.800. The number of piperidine rings is 1. The van der Waals surface area contributed by atoms with E-state index in [-0.39, 0.29) is 12.4 Å². The zero-order valence-corrected chi connectivity index (χ0v) is 11.0. The summed E-state index contributed by atoms with van der Waals surface area (Å²) in [6.07, 6.45) is 0.690. The van der Waals surface area contributed by atoms with Gasteiger partial charge < -0.3 is 10.1 Å². The maximum Gasteiger partial charge on any atom is 0.122 e. The van der Waals surface area contributed by atoms with E-state index in [1.54, 1.807) is 7.11 Å². The highest BCUT2D eigenvalue weighted by Crippen LogP contribution is 2.33. The fraction of sp³-hybridized carbons (Fsp3) is 0.538. The molecular formula is C13H19ClFNO. The van der Waals surface area contributed by atoms with Gasteiger partial charge in [0.1, 0.15) is 11.9 Å². The van der Waals surface area contributed by atoms with Crippen LogP contribution in [0.2, 0.25) is 0 Å².